The van der Waals surface area contributed by atoms with Crippen LogP contribution in [-0.4, -0.2) is 0 Å². The minimum atomic E-state index is -0.530. The molecule has 2 aromatic rings. The molecule has 0 saturated heterocycles. The van der Waals surface area contributed by atoms with Crippen LogP contribution in [0.3, 0.4) is 0 Å². The first kappa shape index (κ1) is 15.3. The molecule has 1 aliphatic heterocycles. The second-order valence-electron chi connectivity index (χ2n) is 5.45. The lowest BCUT2D eigenvalue weighted by Crippen LogP contribution is -2.38. The first-order valence-corrected chi connectivity index (χ1v) is 8.55. The van der Waals surface area contributed by atoms with E-state index in [9.17, 15) is 0 Å². The second-order valence-corrected chi connectivity index (χ2v) is 7.69. The van der Waals surface area contributed by atoms with Crippen molar-refractivity contribution in [3.05, 3.63) is 61.5 Å². The molecule has 0 radical (unpaired) electrons. The van der Waals surface area contributed by atoms with E-state index in [-0.39, 0.29) is 6.04 Å². The molecule has 2 nitrogen and oxygen atoms in total. The van der Waals surface area contributed by atoms with Crippen molar-refractivity contribution in [3.8, 4) is 5.75 Å². The van der Waals surface area contributed by atoms with Gasteiger partial charge < -0.3 is 10.5 Å². The van der Waals surface area contributed by atoms with E-state index in [0.717, 1.165) is 25.8 Å². The van der Waals surface area contributed by atoms with Crippen LogP contribution in [0.15, 0.2) is 45.3 Å². The van der Waals surface area contributed by atoms with Crippen molar-refractivity contribution in [1.82, 2.24) is 0 Å². The molecule has 2 atom stereocenters. The van der Waals surface area contributed by atoms with E-state index in [1.807, 2.05) is 43.3 Å². The van der Waals surface area contributed by atoms with Crippen molar-refractivity contribution >= 4 is 43.5 Å². The molecule has 0 saturated carbocycles. The quantitative estimate of drug-likeness (QED) is 0.641. The maximum Gasteiger partial charge on any atom is 0.134 e. The Morgan fingerprint density at radius 2 is 1.86 bits per heavy atom. The molecule has 2 aromatic carbocycles. The van der Waals surface area contributed by atoms with Gasteiger partial charge in [-0.05, 0) is 37.3 Å². The van der Waals surface area contributed by atoms with Crippen molar-refractivity contribution in [2.24, 2.45) is 5.73 Å². The maximum absolute atomic E-state index is 6.39. The average Bonchev–Trinajstić information content (AvgIpc) is 2.39. The number of nitrogens with two attached hydrogens (primary N) is 1. The van der Waals surface area contributed by atoms with Crippen LogP contribution in [0.5, 0.6) is 5.75 Å². The van der Waals surface area contributed by atoms with E-state index in [2.05, 4.69) is 31.9 Å². The van der Waals surface area contributed by atoms with Crippen LogP contribution in [0.2, 0.25) is 5.02 Å². The van der Waals surface area contributed by atoms with Gasteiger partial charge in [0.2, 0.25) is 0 Å². The minimum Gasteiger partial charge on any atom is -0.482 e. The number of hydrogen-bond acceptors (Lipinski definition) is 2. The predicted octanol–water partition coefficient (Wildman–Crippen LogP) is 5.56. The van der Waals surface area contributed by atoms with E-state index < -0.39 is 5.60 Å². The summed E-state index contributed by atoms with van der Waals surface area (Å²) < 4.78 is 8.20. The van der Waals surface area contributed by atoms with Crippen LogP contribution >= 0.6 is 43.5 Å². The zero-order chi connectivity index (χ0) is 15.2. The summed E-state index contributed by atoms with van der Waals surface area (Å²) in [7, 11) is 0. The Morgan fingerprint density at radius 3 is 2.57 bits per heavy atom. The summed E-state index contributed by atoms with van der Waals surface area (Å²) in [6.07, 6.45) is 0.678. The summed E-state index contributed by atoms with van der Waals surface area (Å²) >= 11 is 13.3. The molecule has 3 rings (SSSR count). The van der Waals surface area contributed by atoms with Crippen LogP contribution in [0.1, 0.15) is 30.5 Å². The lowest BCUT2D eigenvalue weighted by molar-refractivity contribution is 0.0512. The van der Waals surface area contributed by atoms with Gasteiger partial charge in [-0.25, -0.2) is 0 Å². The molecule has 1 heterocycles. The molecular weight excluding hydrogens is 417 g/mol. The molecule has 0 aromatic heterocycles. The van der Waals surface area contributed by atoms with Crippen molar-refractivity contribution < 1.29 is 4.74 Å². The van der Waals surface area contributed by atoms with Crippen LogP contribution in [-0.2, 0) is 5.60 Å². The standard InChI is InChI=1S/C16H14Br2ClNO/c1-16(12-4-2-10(18)7-13(12)19)8-14(20)11-6-9(17)3-5-15(11)21-16/h2-7,14H,8,20H2,1H3. The Labute approximate surface area is 145 Å². The van der Waals surface area contributed by atoms with Gasteiger partial charge in [0.25, 0.3) is 0 Å². The van der Waals surface area contributed by atoms with E-state index in [1.54, 1.807) is 0 Å². The fourth-order valence-electron chi connectivity index (χ4n) is 2.80. The highest BCUT2D eigenvalue weighted by Gasteiger charge is 2.38. The Kier molecular flexibility index (Phi) is 4.08. The topological polar surface area (TPSA) is 35.2 Å². The molecule has 21 heavy (non-hydrogen) atoms. The van der Waals surface area contributed by atoms with Gasteiger partial charge in [0.05, 0.1) is 0 Å². The van der Waals surface area contributed by atoms with Gasteiger partial charge in [-0.1, -0.05) is 49.5 Å². The van der Waals surface area contributed by atoms with E-state index in [1.165, 1.54) is 0 Å². The monoisotopic (exact) mass is 429 g/mol. The smallest absolute Gasteiger partial charge is 0.134 e. The van der Waals surface area contributed by atoms with Crippen LogP contribution in [0, 0.1) is 0 Å². The molecule has 0 aliphatic carbocycles. The van der Waals surface area contributed by atoms with E-state index in [0.29, 0.717) is 11.4 Å². The highest BCUT2D eigenvalue weighted by molar-refractivity contribution is 9.10. The molecule has 0 bridgehead atoms. The fraction of sp³-hybridized carbons (Fsp3) is 0.250. The summed E-state index contributed by atoms with van der Waals surface area (Å²) in [5.41, 5.74) is 7.80. The Bertz CT molecular complexity index is 707. The largest absolute Gasteiger partial charge is 0.482 e. The van der Waals surface area contributed by atoms with Crippen molar-refractivity contribution in [3.63, 3.8) is 0 Å². The number of benzene rings is 2. The molecule has 0 amide bonds. The SMILES string of the molecule is CC1(c2ccc(Br)cc2Cl)CC(N)c2cc(Br)ccc2O1. The number of fused-ring (bicyclic) bond motifs is 1. The van der Waals surface area contributed by atoms with Gasteiger partial charge in [-0.3, -0.25) is 0 Å². The molecule has 0 spiro atoms. The molecule has 2 N–H and O–H groups in total. The first-order chi connectivity index (χ1) is 9.89. The van der Waals surface area contributed by atoms with Gasteiger partial charge in [0, 0.05) is 37.6 Å². The fourth-order valence-corrected chi connectivity index (χ4v) is 4.05. The highest BCUT2D eigenvalue weighted by Crippen LogP contribution is 2.46. The van der Waals surface area contributed by atoms with Gasteiger partial charge in [-0.15, -0.1) is 0 Å². The highest BCUT2D eigenvalue weighted by atomic mass is 79.9. The van der Waals surface area contributed by atoms with Crippen LogP contribution in [0.4, 0.5) is 0 Å². The summed E-state index contributed by atoms with van der Waals surface area (Å²) in [4.78, 5) is 0. The minimum absolute atomic E-state index is 0.0871. The maximum atomic E-state index is 6.39. The average molecular weight is 432 g/mol. The molecular formula is C16H14Br2ClNO. The van der Waals surface area contributed by atoms with Gasteiger partial charge in [0.1, 0.15) is 11.4 Å². The summed E-state index contributed by atoms with van der Waals surface area (Å²) in [5.74, 6) is 0.818. The van der Waals surface area contributed by atoms with Crippen molar-refractivity contribution in [2.75, 3.05) is 0 Å². The molecule has 0 fully saturated rings. The lowest BCUT2D eigenvalue weighted by atomic mass is 9.84. The predicted molar refractivity (Wildman–Crippen MR) is 92.8 cm³/mol. The Hall–Kier alpha value is -0.550. The van der Waals surface area contributed by atoms with Crippen molar-refractivity contribution in [2.45, 2.75) is 25.0 Å². The Balaban J connectivity index is 2.06. The number of halogens is 3. The number of hydrogen-bond donors (Lipinski definition) is 1. The number of ether oxygens (including phenoxy) is 1. The zero-order valence-corrected chi connectivity index (χ0v) is 15.3. The normalized spacial score (nSPS) is 24.3. The third kappa shape index (κ3) is 2.87. The molecule has 110 valence electrons. The van der Waals surface area contributed by atoms with Gasteiger partial charge in [-0.2, -0.15) is 0 Å². The molecule has 5 heteroatoms. The van der Waals surface area contributed by atoms with E-state index in [4.69, 9.17) is 22.1 Å². The third-order valence-corrected chi connectivity index (χ3v) is 5.12. The number of rotatable bonds is 1. The van der Waals surface area contributed by atoms with Crippen LogP contribution in [0.25, 0.3) is 0 Å². The van der Waals surface area contributed by atoms with Crippen LogP contribution < -0.4 is 10.5 Å². The van der Waals surface area contributed by atoms with E-state index >= 15 is 0 Å². The third-order valence-electron chi connectivity index (χ3n) is 3.82. The molecule has 1 aliphatic rings. The zero-order valence-electron chi connectivity index (χ0n) is 11.4. The summed E-state index contributed by atoms with van der Waals surface area (Å²) in [6, 6.07) is 11.7. The Morgan fingerprint density at radius 1 is 1.19 bits per heavy atom. The second kappa shape index (κ2) is 5.58. The van der Waals surface area contributed by atoms with Gasteiger partial charge in [0.15, 0.2) is 0 Å². The van der Waals surface area contributed by atoms with Crippen molar-refractivity contribution in [1.29, 1.82) is 0 Å². The van der Waals surface area contributed by atoms with Gasteiger partial charge >= 0.3 is 0 Å². The summed E-state index contributed by atoms with van der Waals surface area (Å²) in [5, 5.41) is 0.680. The molecule has 2 unspecified atom stereocenters. The first-order valence-electron chi connectivity index (χ1n) is 6.59. The lowest BCUT2D eigenvalue weighted by Gasteiger charge is -2.39. The summed E-state index contributed by atoms with van der Waals surface area (Å²) in [6.45, 7) is 2.03.